The fraction of sp³-hybridized carbons (Fsp3) is 0.118. The van der Waals surface area contributed by atoms with Gasteiger partial charge in [-0.1, -0.05) is 29.3 Å². The molecule has 4 nitrogen and oxygen atoms in total. The van der Waals surface area contributed by atoms with E-state index in [1.54, 1.807) is 22.6 Å². The molecule has 2 aromatic carbocycles. The Balaban J connectivity index is 2.12. The molecule has 0 fully saturated rings. The number of nitrogens with one attached hydrogen (secondary N) is 1. The lowest BCUT2D eigenvalue weighted by Crippen LogP contribution is -2.42. The summed E-state index contributed by atoms with van der Waals surface area (Å²) in [6.07, 6.45) is -3.94. The molecule has 0 saturated carbocycles. The number of benzene rings is 2. The highest BCUT2D eigenvalue weighted by Gasteiger charge is 2.59. The molecule has 10 heteroatoms. The van der Waals surface area contributed by atoms with E-state index in [4.69, 9.17) is 33.1 Å². The molecular formula is C17H9Cl2F3INO3. The van der Waals surface area contributed by atoms with Crippen molar-refractivity contribution in [1.82, 2.24) is 5.48 Å². The minimum Gasteiger partial charge on any atom is -0.478 e. The Morgan fingerprint density at radius 3 is 2.30 bits per heavy atom. The van der Waals surface area contributed by atoms with Gasteiger partial charge in [0, 0.05) is 24.7 Å². The van der Waals surface area contributed by atoms with Gasteiger partial charge >= 0.3 is 12.1 Å². The molecule has 0 bridgehead atoms. The van der Waals surface area contributed by atoms with E-state index < -0.39 is 17.7 Å². The van der Waals surface area contributed by atoms with Crippen LogP contribution in [0.2, 0.25) is 10.0 Å². The molecule has 0 radical (unpaired) electrons. The van der Waals surface area contributed by atoms with Crippen LogP contribution in [0.5, 0.6) is 0 Å². The number of carbonyl (C=O) groups is 1. The van der Waals surface area contributed by atoms with Gasteiger partial charge in [0.2, 0.25) is 5.60 Å². The average Bonchev–Trinajstić information content (AvgIpc) is 3.00. The van der Waals surface area contributed by atoms with E-state index in [0.717, 1.165) is 18.2 Å². The molecule has 27 heavy (non-hydrogen) atoms. The van der Waals surface area contributed by atoms with Crippen molar-refractivity contribution in [3.05, 3.63) is 72.8 Å². The molecule has 0 aromatic heterocycles. The minimum absolute atomic E-state index is 0.0342. The van der Waals surface area contributed by atoms with E-state index in [-0.39, 0.29) is 26.9 Å². The van der Waals surface area contributed by atoms with Crippen molar-refractivity contribution in [3.8, 4) is 0 Å². The topological polar surface area (TPSA) is 58.6 Å². The number of rotatable bonds is 3. The smallest absolute Gasteiger partial charge is 0.428 e. The molecule has 2 aromatic rings. The van der Waals surface area contributed by atoms with Crippen molar-refractivity contribution in [1.29, 1.82) is 0 Å². The molecule has 0 amide bonds. The van der Waals surface area contributed by atoms with Crippen LogP contribution in [0.15, 0.2) is 42.5 Å². The molecule has 3 rings (SSSR count). The molecule has 142 valence electrons. The first kappa shape index (κ1) is 20.2. The molecule has 1 heterocycles. The summed E-state index contributed by atoms with van der Waals surface area (Å²) < 4.78 is 42.2. The molecule has 0 aliphatic carbocycles. The third kappa shape index (κ3) is 3.75. The quantitative estimate of drug-likeness (QED) is 0.506. The summed E-state index contributed by atoms with van der Waals surface area (Å²) in [5, 5.41) is 9.15. The second-order valence-corrected chi connectivity index (χ2v) is 7.69. The van der Waals surface area contributed by atoms with Crippen LogP contribution in [0.3, 0.4) is 0 Å². The fourth-order valence-electron chi connectivity index (χ4n) is 2.61. The Bertz CT molecular complexity index is 945. The average molecular weight is 530 g/mol. The minimum atomic E-state index is -4.82. The van der Waals surface area contributed by atoms with Crippen LogP contribution in [0.1, 0.15) is 21.5 Å². The summed E-state index contributed by atoms with van der Waals surface area (Å²) in [6, 6.07) is 7.72. The van der Waals surface area contributed by atoms with Gasteiger partial charge in [-0.15, -0.1) is 0 Å². The highest BCUT2D eigenvalue weighted by molar-refractivity contribution is 14.1. The Labute approximate surface area is 175 Å². The zero-order chi connectivity index (χ0) is 20.0. The first-order valence-corrected chi connectivity index (χ1v) is 9.10. The molecule has 1 aliphatic rings. The van der Waals surface area contributed by atoms with Crippen LogP contribution < -0.4 is 5.48 Å². The summed E-state index contributed by atoms with van der Waals surface area (Å²) in [4.78, 5) is 16.1. The van der Waals surface area contributed by atoms with Crippen LogP contribution in [-0.4, -0.2) is 17.3 Å². The van der Waals surface area contributed by atoms with E-state index >= 15 is 0 Å². The maximum atomic E-state index is 13.9. The monoisotopic (exact) mass is 529 g/mol. The van der Waals surface area contributed by atoms with E-state index in [0.29, 0.717) is 9.13 Å². The Morgan fingerprint density at radius 2 is 1.78 bits per heavy atom. The van der Waals surface area contributed by atoms with Crippen LogP contribution in [0.4, 0.5) is 13.2 Å². The number of carboxylic acids is 1. The lowest BCUT2D eigenvalue weighted by molar-refractivity contribution is -0.269. The van der Waals surface area contributed by atoms with Crippen LogP contribution in [0.25, 0.3) is 5.70 Å². The molecular weight excluding hydrogens is 521 g/mol. The van der Waals surface area contributed by atoms with Gasteiger partial charge in [-0.3, -0.25) is 10.3 Å². The Hall–Kier alpha value is -1.49. The van der Waals surface area contributed by atoms with Crippen molar-refractivity contribution in [2.45, 2.75) is 11.8 Å². The number of carboxylic acid groups (broad SMARTS) is 1. The number of hydrogen-bond donors (Lipinski definition) is 2. The van der Waals surface area contributed by atoms with Crippen molar-refractivity contribution < 1.29 is 27.9 Å². The third-order valence-corrected chi connectivity index (χ3v) is 5.22. The highest BCUT2D eigenvalue weighted by Crippen LogP contribution is 2.48. The van der Waals surface area contributed by atoms with Gasteiger partial charge in [0.15, 0.2) is 0 Å². The molecule has 1 atom stereocenters. The standard InChI is InChI=1S/C17H9Cl2F3INO3/c18-10-4-9(5-11(19)6-10)16(17(20,21)22)7-14(24-27-16)8-1-2-12(15(25)26)13(23)3-8/h1-7,24H,(H,25,26). The predicted molar refractivity (Wildman–Crippen MR) is 103 cm³/mol. The summed E-state index contributed by atoms with van der Waals surface area (Å²) in [7, 11) is 0. The van der Waals surface area contributed by atoms with E-state index in [2.05, 4.69) is 5.48 Å². The van der Waals surface area contributed by atoms with E-state index in [1.165, 1.54) is 24.3 Å². The van der Waals surface area contributed by atoms with Crippen molar-refractivity contribution in [2.24, 2.45) is 0 Å². The number of alkyl halides is 3. The van der Waals surface area contributed by atoms with Crippen LogP contribution in [0, 0.1) is 3.57 Å². The molecule has 1 unspecified atom stereocenters. The van der Waals surface area contributed by atoms with E-state index in [1.807, 2.05) is 0 Å². The number of halogens is 6. The number of hydroxylamine groups is 1. The number of aromatic carboxylic acids is 1. The molecule has 0 spiro atoms. The summed E-state index contributed by atoms with van der Waals surface area (Å²) in [5.74, 6) is -1.13. The zero-order valence-corrected chi connectivity index (χ0v) is 16.7. The van der Waals surface area contributed by atoms with Gasteiger partial charge in [0.1, 0.15) is 0 Å². The lowest BCUT2D eigenvalue weighted by atomic mass is 9.91. The number of hydrogen-bond acceptors (Lipinski definition) is 3. The zero-order valence-electron chi connectivity index (χ0n) is 13.1. The highest BCUT2D eigenvalue weighted by atomic mass is 127. The Kier molecular flexibility index (Phi) is 5.37. The van der Waals surface area contributed by atoms with Crippen molar-refractivity contribution in [3.63, 3.8) is 0 Å². The second-order valence-electron chi connectivity index (χ2n) is 5.65. The summed E-state index contributed by atoms with van der Waals surface area (Å²) >= 11 is 13.5. The fourth-order valence-corrected chi connectivity index (χ4v) is 3.88. The third-order valence-electron chi connectivity index (χ3n) is 3.89. The van der Waals surface area contributed by atoms with Gasteiger partial charge in [0.25, 0.3) is 0 Å². The SMILES string of the molecule is O=C(O)c1ccc(C2=CC(c3cc(Cl)cc(Cl)c3)(C(F)(F)F)ON2)cc1I. The van der Waals surface area contributed by atoms with Crippen LogP contribution in [-0.2, 0) is 10.4 Å². The normalized spacial score (nSPS) is 19.6. The predicted octanol–water partition coefficient (Wildman–Crippen LogP) is 5.63. The lowest BCUT2D eigenvalue weighted by Gasteiger charge is -2.28. The summed E-state index contributed by atoms with van der Waals surface area (Å²) in [6.45, 7) is 0. The summed E-state index contributed by atoms with van der Waals surface area (Å²) in [5.41, 5.74) is -0.374. The largest absolute Gasteiger partial charge is 0.478 e. The maximum absolute atomic E-state index is 13.9. The van der Waals surface area contributed by atoms with Crippen molar-refractivity contribution in [2.75, 3.05) is 0 Å². The molecule has 1 aliphatic heterocycles. The van der Waals surface area contributed by atoms with Gasteiger partial charge in [-0.05, 0) is 59.0 Å². The van der Waals surface area contributed by atoms with E-state index in [9.17, 15) is 18.0 Å². The second kappa shape index (κ2) is 7.16. The van der Waals surface area contributed by atoms with Crippen LogP contribution >= 0.6 is 45.8 Å². The first-order chi connectivity index (χ1) is 12.5. The van der Waals surface area contributed by atoms with Crippen molar-refractivity contribution >= 4 is 57.5 Å². The first-order valence-electron chi connectivity index (χ1n) is 7.27. The molecule has 0 saturated heterocycles. The maximum Gasteiger partial charge on any atom is 0.428 e. The van der Waals surface area contributed by atoms with Gasteiger partial charge in [0.05, 0.1) is 11.3 Å². The Morgan fingerprint density at radius 1 is 1.15 bits per heavy atom. The van der Waals surface area contributed by atoms with Gasteiger partial charge in [-0.25, -0.2) is 4.79 Å². The molecule has 2 N–H and O–H groups in total. The van der Waals surface area contributed by atoms with Gasteiger partial charge in [-0.2, -0.15) is 13.2 Å². The van der Waals surface area contributed by atoms with Gasteiger partial charge < -0.3 is 5.11 Å².